The van der Waals surface area contributed by atoms with Crippen LogP contribution in [0, 0.1) is 0 Å². The molecule has 0 unspecified atom stereocenters. The van der Waals surface area contributed by atoms with Crippen LogP contribution in [0.25, 0.3) is 0 Å². The van der Waals surface area contributed by atoms with Crippen LogP contribution in [0.1, 0.15) is 26.7 Å². The zero-order valence-corrected chi connectivity index (χ0v) is 11.3. The van der Waals surface area contributed by atoms with E-state index in [1.807, 2.05) is 0 Å². The van der Waals surface area contributed by atoms with Crippen LogP contribution >= 0.6 is 11.8 Å². The minimum atomic E-state index is -1.10. The molecule has 0 bridgehead atoms. The average molecular weight is 274 g/mol. The highest BCUT2D eigenvalue weighted by Crippen LogP contribution is 2.28. The normalized spacial score (nSPS) is 17.9. The fraction of sp³-hybridized carbons (Fsp3) is 0.727. The fourth-order valence-electron chi connectivity index (χ4n) is 1.62. The monoisotopic (exact) mass is 274 g/mol. The van der Waals surface area contributed by atoms with Gasteiger partial charge in [-0.25, -0.2) is 0 Å². The summed E-state index contributed by atoms with van der Waals surface area (Å²) in [5.74, 6) is -1.45. The number of amides is 2. The standard InChI is InChI=1S/C11H18N2O4S/c1-11(2,9(12)10(16)17)18-6-8(15)13-5-3-4-7(13)14/h9H,3-6,12H2,1-2H3,(H,16,17)/t9-/m0/s1. The molecule has 0 aliphatic carbocycles. The molecule has 1 fully saturated rings. The molecule has 102 valence electrons. The molecule has 0 aromatic carbocycles. The van der Waals surface area contributed by atoms with Crippen LogP contribution in [0.2, 0.25) is 0 Å². The molecular formula is C11H18N2O4S. The Labute approximate surface area is 110 Å². The van der Waals surface area contributed by atoms with Gasteiger partial charge in [0.25, 0.3) is 0 Å². The van der Waals surface area contributed by atoms with Gasteiger partial charge in [0.15, 0.2) is 0 Å². The van der Waals surface area contributed by atoms with Crippen molar-refractivity contribution < 1.29 is 19.5 Å². The molecule has 3 N–H and O–H groups in total. The maximum absolute atomic E-state index is 11.8. The first-order valence-corrected chi connectivity index (χ1v) is 6.70. The van der Waals surface area contributed by atoms with Gasteiger partial charge in [-0.2, -0.15) is 0 Å². The van der Waals surface area contributed by atoms with Crippen molar-refractivity contribution in [3.05, 3.63) is 0 Å². The molecule has 1 heterocycles. The average Bonchev–Trinajstić information content (AvgIpc) is 2.71. The Bertz CT molecular complexity index is 370. The Kier molecular flexibility index (Phi) is 4.75. The molecular weight excluding hydrogens is 256 g/mol. The van der Waals surface area contributed by atoms with E-state index in [2.05, 4.69) is 0 Å². The van der Waals surface area contributed by atoms with E-state index < -0.39 is 16.8 Å². The van der Waals surface area contributed by atoms with Gasteiger partial charge in [0.2, 0.25) is 11.8 Å². The molecule has 0 aromatic heterocycles. The fourth-order valence-corrected chi connectivity index (χ4v) is 2.56. The second kappa shape index (κ2) is 5.71. The predicted molar refractivity (Wildman–Crippen MR) is 68.1 cm³/mol. The van der Waals surface area contributed by atoms with Crippen LogP contribution in [0.15, 0.2) is 0 Å². The smallest absolute Gasteiger partial charge is 0.321 e. The molecule has 1 atom stereocenters. The molecule has 18 heavy (non-hydrogen) atoms. The van der Waals surface area contributed by atoms with E-state index in [1.165, 1.54) is 4.90 Å². The Morgan fingerprint density at radius 1 is 1.56 bits per heavy atom. The second-order valence-corrected chi connectivity index (χ2v) is 6.38. The number of carboxylic acids is 1. The van der Waals surface area contributed by atoms with Crippen molar-refractivity contribution in [2.24, 2.45) is 5.73 Å². The number of nitrogens with zero attached hydrogens (tertiary/aromatic N) is 1. The molecule has 1 aliphatic heterocycles. The lowest BCUT2D eigenvalue weighted by Gasteiger charge is -2.28. The van der Waals surface area contributed by atoms with Gasteiger partial charge in [0, 0.05) is 17.7 Å². The number of hydrogen-bond acceptors (Lipinski definition) is 5. The van der Waals surface area contributed by atoms with E-state index in [9.17, 15) is 14.4 Å². The summed E-state index contributed by atoms with van der Waals surface area (Å²) in [6.07, 6.45) is 1.11. The first-order chi connectivity index (χ1) is 8.25. The van der Waals surface area contributed by atoms with Crippen LogP contribution in [0.5, 0.6) is 0 Å². The van der Waals surface area contributed by atoms with Gasteiger partial charge in [-0.3, -0.25) is 19.3 Å². The maximum atomic E-state index is 11.8. The Hall–Kier alpha value is -1.08. The molecule has 0 spiro atoms. The number of thioether (sulfide) groups is 1. The molecule has 2 amide bonds. The zero-order chi connectivity index (χ0) is 13.9. The van der Waals surface area contributed by atoms with Crippen molar-refractivity contribution in [3.8, 4) is 0 Å². The molecule has 0 radical (unpaired) electrons. The van der Waals surface area contributed by atoms with Crippen LogP contribution in [0.3, 0.4) is 0 Å². The van der Waals surface area contributed by atoms with Crippen LogP contribution in [-0.2, 0) is 14.4 Å². The molecule has 1 rings (SSSR count). The summed E-state index contributed by atoms with van der Waals surface area (Å²) in [5.41, 5.74) is 5.55. The van der Waals surface area contributed by atoms with Crippen molar-refractivity contribution >= 4 is 29.5 Å². The first-order valence-electron chi connectivity index (χ1n) is 5.71. The SMILES string of the molecule is CC(C)(SCC(=O)N1CCCC1=O)[C@@H](N)C(=O)O. The highest BCUT2D eigenvalue weighted by molar-refractivity contribution is 8.01. The molecule has 0 aromatic rings. The van der Waals surface area contributed by atoms with E-state index in [-0.39, 0.29) is 17.6 Å². The van der Waals surface area contributed by atoms with Gasteiger partial charge >= 0.3 is 5.97 Å². The minimum absolute atomic E-state index is 0.0692. The number of carbonyl (C=O) groups excluding carboxylic acids is 2. The number of carbonyl (C=O) groups is 3. The van der Waals surface area contributed by atoms with Crippen LogP contribution in [0.4, 0.5) is 0 Å². The van der Waals surface area contributed by atoms with Gasteiger partial charge in [0.05, 0.1) is 5.75 Å². The van der Waals surface area contributed by atoms with Crippen molar-refractivity contribution in [1.29, 1.82) is 0 Å². The first kappa shape index (κ1) is 15.0. The van der Waals surface area contributed by atoms with Gasteiger partial charge in [-0.05, 0) is 20.3 Å². The molecule has 1 saturated heterocycles. The quantitative estimate of drug-likeness (QED) is 0.735. The molecule has 6 nitrogen and oxygen atoms in total. The van der Waals surface area contributed by atoms with Crippen LogP contribution in [-0.4, -0.2) is 50.9 Å². The number of aliphatic carboxylic acids is 1. The van der Waals surface area contributed by atoms with Crippen LogP contribution < -0.4 is 5.73 Å². The maximum Gasteiger partial charge on any atom is 0.321 e. The Morgan fingerprint density at radius 2 is 2.17 bits per heavy atom. The predicted octanol–water partition coefficient (Wildman–Crippen LogP) is 0.0591. The third-order valence-electron chi connectivity index (χ3n) is 2.96. The number of hydrogen-bond donors (Lipinski definition) is 2. The van der Waals surface area contributed by atoms with Gasteiger partial charge < -0.3 is 10.8 Å². The summed E-state index contributed by atoms with van der Waals surface area (Å²) >= 11 is 1.16. The number of nitrogens with two attached hydrogens (primary N) is 1. The van der Waals surface area contributed by atoms with E-state index >= 15 is 0 Å². The summed E-state index contributed by atoms with van der Waals surface area (Å²) in [7, 11) is 0. The largest absolute Gasteiger partial charge is 0.480 e. The lowest BCUT2D eigenvalue weighted by Crippen LogP contribution is -2.47. The minimum Gasteiger partial charge on any atom is -0.480 e. The van der Waals surface area contributed by atoms with Gasteiger partial charge in [-0.1, -0.05) is 0 Å². The highest BCUT2D eigenvalue weighted by Gasteiger charge is 2.34. The summed E-state index contributed by atoms with van der Waals surface area (Å²) in [6, 6.07) is -1.05. The lowest BCUT2D eigenvalue weighted by molar-refractivity contribution is -0.141. The number of imide groups is 1. The van der Waals surface area contributed by atoms with E-state index in [0.29, 0.717) is 19.4 Å². The molecule has 1 aliphatic rings. The third-order valence-corrected chi connectivity index (χ3v) is 4.35. The summed E-state index contributed by atoms with van der Waals surface area (Å²) in [5, 5.41) is 8.85. The number of carboxylic acid groups (broad SMARTS) is 1. The van der Waals surface area contributed by atoms with Crippen molar-refractivity contribution in [1.82, 2.24) is 4.90 Å². The van der Waals surface area contributed by atoms with E-state index in [0.717, 1.165) is 11.8 Å². The molecule has 7 heteroatoms. The van der Waals surface area contributed by atoms with Crippen molar-refractivity contribution in [2.45, 2.75) is 37.5 Å². The summed E-state index contributed by atoms with van der Waals surface area (Å²) < 4.78 is -0.760. The zero-order valence-electron chi connectivity index (χ0n) is 10.5. The van der Waals surface area contributed by atoms with E-state index in [1.54, 1.807) is 13.8 Å². The van der Waals surface area contributed by atoms with Gasteiger partial charge in [0.1, 0.15) is 6.04 Å². The van der Waals surface area contributed by atoms with E-state index in [4.69, 9.17) is 10.8 Å². The lowest BCUT2D eigenvalue weighted by atomic mass is 10.1. The third kappa shape index (κ3) is 3.46. The molecule has 0 saturated carbocycles. The van der Waals surface area contributed by atoms with Gasteiger partial charge in [-0.15, -0.1) is 11.8 Å². The second-order valence-electron chi connectivity index (χ2n) is 4.75. The highest BCUT2D eigenvalue weighted by atomic mass is 32.2. The number of likely N-dealkylation sites (tertiary alicyclic amines) is 1. The Balaban J connectivity index is 2.51. The number of rotatable bonds is 5. The topological polar surface area (TPSA) is 101 Å². The Morgan fingerprint density at radius 3 is 2.61 bits per heavy atom. The van der Waals surface area contributed by atoms with Crippen molar-refractivity contribution in [3.63, 3.8) is 0 Å². The summed E-state index contributed by atoms with van der Waals surface area (Å²) in [6.45, 7) is 3.81. The van der Waals surface area contributed by atoms with Crippen molar-refractivity contribution in [2.75, 3.05) is 12.3 Å². The summed E-state index contributed by atoms with van der Waals surface area (Å²) in [4.78, 5) is 35.2.